The summed E-state index contributed by atoms with van der Waals surface area (Å²) in [5.74, 6) is -0.472. The molecule has 0 amide bonds. The first-order valence-electron chi connectivity index (χ1n) is 6.11. The van der Waals surface area contributed by atoms with E-state index in [0.29, 0.717) is 6.42 Å². The van der Waals surface area contributed by atoms with Crippen molar-refractivity contribution in [3.05, 3.63) is 48.0 Å². The van der Waals surface area contributed by atoms with E-state index in [1.807, 2.05) is 24.3 Å². The van der Waals surface area contributed by atoms with E-state index in [-0.39, 0.29) is 0 Å². The molecule has 0 atom stereocenters. The second-order valence-corrected chi connectivity index (χ2v) is 4.34. The lowest BCUT2D eigenvalue weighted by Gasteiger charge is -2.06. The Morgan fingerprint density at radius 1 is 0.944 bits per heavy atom. The fraction of sp³-hybridized carbons (Fsp3) is 0.250. The normalized spacial score (nSPS) is 10.2. The van der Waals surface area contributed by atoms with Gasteiger partial charge in [-0.1, -0.05) is 42.5 Å². The van der Waals surface area contributed by atoms with E-state index in [1.54, 1.807) is 0 Å². The standard InChI is InChI=1S/C16H14N2/c17-11-13(12-18)5-3-7-15-9-4-8-14-6-1-2-10-16(14)15/h1-2,4,6,8-10,13H,3,5,7H2. The fourth-order valence-electron chi connectivity index (χ4n) is 2.17. The van der Waals surface area contributed by atoms with Gasteiger partial charge in [-0.05, 0) is 35.6 Å². The second-order valence-electron chi connectivity index (χ2n) is 4.34. The number of hydrogen-bond acceptors (Lipinski definition) is 2. The van der Waals surface area contributed by atoms with Gasteiger partial charge < -0.3 is 0 Å². The second kappa shape index (κ2) is 5.84. The van der Waals surface area contributed by atoms with Crippen molar-refractivity contribution in [1.29, 1.82) is 10.5 Å². The van der Waals surface area contributed by atoms with Crippen molar-refractivity contribution in [3.8, 4) is 12.1 Å². The Bertz CT molecular complexity index is 598. The van der Waals surface area contributed by atoms with Crippen LogP contribution in [0.15, 0.2) is 42.5 Å². The maximum Gasteiger partial charge on any atom is 0.133 e. The summed E-state index contributed by atoms with van der Waals surface area (Å²) in [6.07, 6.45) is 2.44. The lowest BCUT2D eigenvalue weighted by molar-refractivity contribution is 0.672. The van der Waals surface area contributed by atoms with Crippen LogP contribution in [-0.2, 0) is 6.42 Å². The molecule has 0 N–H and O–H groups in total. The van der Waals surface area contributed by atoms with E-state index in [0.717, 1.165) is 12.8 Å². The molecule has 0 aromatic heterocycles. The highest BCUT2D eigenvalue weighted by molar-refractivity contribution is 5.85. The van der Waals surface area contributed by atoms with Crippen molar-refractivity contribution in [3.63, 3.8) is 0 Å². The number of hydrogen-bond donors (Lipinski definition) is 0. The molecular formula is C16H14N2. The number of aryl methyl sites for hydroxylation is 1. The number of rotatable bonds is 4. The van der Waals surface area contributed by atoms with Crippen LogP contribution < -0.4 is 0 Å². The molecule has 88 valence electrons. The minimum absolute atomic E-state index is 0.472. The van der Waals surface area contributed by atoms with Crippen molar-refractivity contribution in [2.24, 2.45) is 5.92 Å². The molecule has 0 aliphatic heterocycles. The third kappa shape index (κ3) is 2.67. The Morgan fingerprint density at radius 2 is 1.67 bits per heavy atom. The quantitative estimate of drug-likeness (QED) is 0.807. The van der Waals surface area contributed by atoms with Gasteiger partial charge >= 0.3 is 0 Å². The summed E-state index contributed by atoms with van der Waals surface area (Å²) >= 11 is 0. The molecule has 0 unspecified atom stereocenters. The SMILES string of the molecule is N#CC(C#N)CCCc1cccc2ccccc12. The van der Waals surface area contributed by atoms with Crippen molar-refractivity contribution in [2.45, 2.75) is 19.3 Å². The van der Waals surface area contributed by atoms with Crippen molar-refractivity contribution in [1.82, 2.24) is 0 Å². The van der Waals surface area contributed by atoms with Gasteiger partial charge in [0.15, 0.2) is 0 Å². The van der Waals surface area contributed by atoms with Crippen LogP contribution in [0.1, 0.15) is 18.4 Å². The molecule has 2 heteroatoms. The van der Waals surface area contributed by atoms with Gasteiger partial charge in [-0.2, -0.15) is 10.5 Å². The van der Waals surface area contributed by atoms with E-state index < -0.39 is 5.92 Å². The summed E-state index contributed by atoms with van der Waals surface area (Å²) in [6, 6.07) is 18.6. The van der Waals surface area contributed by atoms with Crippen LogP contribution in [0, 0.1) is 28.6 Å². The Morgan fingerprint density at radius 3 is 2.44 bits per heavy atom. The fourth-order valence-corrected chi connectivity index (χ4v) is 2.17. The average molecular weight is 234 g/mol. The van der Waals surface area contributed by atoms with E-state index in [9.17, 15) is 0 Å². The highest BCUT2D eigenvalue weighted by Crippen LogP contribution is 2.20. The molecule has 0 aliphatic carbocycles. The van der Waals surface area contributed by atoms with E-state index in [1.165, 1.54) is 16.3 Å². The van der Waals surface area contributed by atoms with Crippen LogP contribution in [0.25, 0.3) is 10.8 Å². The van der Waals surface area contributed by atoms with Crippen LogP contribution in [-0.4, -0.2) is 0 Å². The smallest absolute Gasteiger partial charge is 0.133 e. The van der Waals surface area contributed by atoms with Crippen LogP contribution in [0.4, 0.5) is 0 Å². The topological polar surface area (TPSA) is 47.6 Å². The minimum Gasteiger partial charge on any atom is -0.197 e. The zero-order chi connectivity index (χ0) is 12.8. The minimum atomic E-state index is -0.472. The van der Waals surface area contributed by atoms with Crippen LogP contribution in [0.5, 0.6) is 0 Å². The van der Waals surface area contributed by atoms with Gasteiger partial charge in [0.25, 0.3) is 0 Å². The Labute approximate surface area is 107 Å². The van der Waals surface area contributed by atoms with Gasteiger partial charge in [-0.15, -0.1) is 0 Å². The summed E-state index contributed by atoms with van der Waals surface area (Å²) in [6.45, 7) is 0. The van der Waals surface area contributed by atoms with Crippen LogP contribution in [0.2, 0.25) is 0 Å². The maximum atomic E-state index is 8.72. The van der Waals surface area contributed by atoms with Crippen molar-refractivity contribution in [2.75, 3.05) is 0 Å². The molecule has 2 aromatic rings. The Kier molecular flexibility index (Phi) is 3.94. The maximum absolute atomic E-state index is 8.72. The van der Waals surface area contributed by atoms with Gasteiger partial charge in [-0.25, -0.2) is 0 Å². The Balaban J connectivity index is 2.09. The first-order valence-corrected chi connectivity index (χ1v) is 6.11. The summed E-state index contributed by atoms with van der Waals surface area (Å²) in [5.41, 5.74) is 1.29. The monoisotopic (exact) mass is 234 g/mol. The Hall–Kier alpha value is -2.32. The van der Waals surface area contributed by atoms with Gasteiger partial charge in [-0.3, -0.25) is 0 Å². The van der Waals surface area contributed by atoms with Gasteiger partial charge in [0, 0.05) is 0 Å². The van der Waals surface area contributed by atoms with Crippen LogP contribution >= 0.6 is 0 Å². The summed E-state index contributed by atoms with van der Waals surface area (Å²) in [5, 5.41) is 20.0. The molecule has 0 saturated carbocycles. The summed E-state index contributed by atoms with van der Waals surface area (Å²) < 4.78 is 0. The zero-order valence-corrected chi connectivity index (χ0v) is 10.1. The van der Waals surface area contributed by atoms with E-state index in [4.69, 9.17) is 10.5 Å². The molecule has 0 fully saturated rings. The lowest BCUT2D eigenvalue weighted by atomic mass is 9.97. The van der Waals surface area contributed by atoms with Gasteiger partial charge in [0.2, 0.25) is 0 Å². The molecule has 2 nitrogen and oxygen atoms in total. The van der Waals surface area contributed by atoms with Gasteiger partial charge in [0.05, 0.1) is 12.1 Å². The predicted molar refractivity (Wildman–Crippen MR) is 71.6 cm³/mol. The van der Waals surface area contributed by atoms with E-state index >= 15 is 0 Å². The molecule has 2 rings (SSSR count). The molecule has 0 radical (unpaired) electrons. The third-order valence-electron chi connectivity index (χ3n) is 3.13. The highest BCUT2D eigenvalue weighted by atomic mass is 14.3. The highest BCUT2D eigenvalue weighted by Gasteiger charge is 2.06. The molecule has 0 bridgehead atoms. The first-order chi connectivity index (χ1) is 8.85. The molecule has 18 heavy (non-hydrogen) atoms. The summed E-state index contributed by atoms with van der Waals surface area (Å²) in [4.78, 5) is 0. The zero-order valence-electron chi connectivity index (χ0n) is 10.1. The van der Waals surface area contributed by atoms with E-state index in [2.05, 4.69) is 30.3 Å². The third-order valence-corrected chi connectivity index (χ3v) is 3.13. The number of benzene rings is 2. The van der Waals surface area contributed by atoms with Crippen molar-refractivity contribution < 1.29 is 0 Å². The molecule has 0 aliphatic rings. The number of nitrogens with zero attached hydrogens (tertiary/aromatic N) is 2. The largest absolute Gasteiger partial charge is 0.197 e. The molecule has 2 aromatic carbocycles. The molecule has 0 heterocycles. The molecule has 0 saturated heterocycles. The molecular weight excluding hydrogens is 220 g/mol. The first kappa shape index (κ1) is 12.1. The van der Waals surface area contributed by atoms with Gasteiger partial charge in [0.1, 0.15) is 5.92 Å². The summed E-state index contributed by atoms with van der Waals surface area (Å²) in [7, 11) is 0. The van der Waals surface area contributed by atoms with Crippen LogP contribution in [0.3, 0.4) is 0 Å². The number of nitriles is 2. The lowest BCUT2D eigenvalue weighted by Crippen LogP contribution is -1.95. The number of fused-ring (bicyclic) bond motifs is 1. The predicted octanol–water partition coefficient (Wildman–Crippen LogP) is 3.83. The van der Waals surface area contributed by atoms with Crippen molar-refractivity contribution >= 4 is 10.8 Å². The average Bonchev–Trinajstić information content (AvgIpc) is 2.44. The molecule has 0 spiro atoms.